The van der Waals surface area contributed by atoms with Gasteiger partial charge in [-0.25, -0.2) is 4.79 Å². The van der Waals surface area contributed by atoms with E-state index in [-0.39, 0.29) is 30.7 Å². The number of ether oxygens (including phenoxy) is 1. The molecule has 0 aliphatic carbocycles. The van der Waals surface area contributed by atoms with Crippen LogP contribution in [0.2, 0.25) is 0 Å². The van der Waals surface area contributed by atoms with Gasteiger partial charge in [0.1, 0.15) is 6.04 Å². The summed E-state index contributed by atoms with van der Waals surface area (Å²) >= 11 is 2.96. The van der Waals surface area contributed by atoms with E-state index in [4.69, 9.17) is 9.84 Å². The highest BCUT2D eigenvalue weighted by atomic mass is 79.9. The van der Waals surface area contributed by atoms with Crippen LogP contribution in [0.5, 0.6) is 0 Å². The van der Waals surface area contributed by atoms with E-state index in [1.807, 2.05) is 6.92 Å². The zero-order chi connectivity index (χ0) is 14.0. The molecule has 0 aromatic heterocycles. The molecule has 0 heterocycles. The molecule has 1 amide bonds. The van der Waals surface area contributed by atoms with Crippen LogP contribution >= 0.6 is 15.9 Å². The number of nitrogens with one attached hydrogen (secondary N) is 1. The molecule has 2 N–H and O–H groups in total. The van der Waals surface area contributed by atoms with Crippen molar-refractivity contribution in [3.63, 3.8) is 0 Å². The fourth-order valence-corrected chi connectivity index (χ4v) is 1.33. The molecule has 0 fully saturated rings. The van der Waals surface area contributed by atoms with Crippen molar-refractivity contribution in [2.24, 2.45) is 0 Å². The lowest BCUT2D eigenvalue weighted by Crippen LogP contribution is -2.42. The summed E-state index contributed by atoms with van der Waals surface area (Å²) in [4.78, 5) is 33.3. The molecular weight excluding hydrogens is 306 g/mol. The van der Waals surface area contributed by atoms with Crippen molar-refractivity contribution >= 4 is 33.8 Å². The van der Waals surface area contributed by atoms with Gasteiger partial charge < -0.3 is 15.2 Å². The normalized spacial score (nSPS) is 11.7. The van der Waals surface area contributed by atoms with Gasteiger partial charge in [0.2, 0.25) is 5.91 Å². The van der Waals surface area contributed by atoms with E-state index in [1.54, 1.807) is 0 Å². The Morgan fingerprint density at radius 3 is 2.56 bits per heavy atom. The third-order valence-electron chi connectivity index (χ3n) is 2.13. The molecule has 0 radical (unpaired) electrons. The molecule has 104 valence electrons. The summed E-state index contributed by atoms with van der Waals surface area (Å²) in [6, 6.07) is -0.900. The van der Waals surface area contributed by atoms with E-state index in [0.717, 1.165) is 12.8 Å². The second-order valence-electron chi connectivity index (χ2n) is 3.71. The lowest BCUT2D eigenvalue weighted by atomic mass is 10.1. The average Bonchev–Trinajstić information content (AvgIpc) is 2.33. The van der Waals surface area contributed by atoms with Crippen LogP contribution in [0.25, 0.3) is 0 Å². The summed E-state index contributed by atoms with van der Waals surface area (Å²) in [5.74, 6) is -1.98. The lowest BCUT2D eigenvalue weighted by molar-refractivity contribution is -0.148. The minimum absolute atomic E-state index is 0.0268. The molecule has 0 bridgehead atoms. The Labute approximate surface area is 114 Å². The maximum Gasteiger partial charge on any atom is 0.328 e. The summed E-state index contributed by atoms with van der Waals surface area (Å²) < 4.78 is 4.96. The second kappa shape index (κ2) is 9.87. The highest BCUT2D eigenvalue weighted by molar-refractivity contribution is 9.09. The number of hydrogen-bond acceptors (Lipinski definition) is 4. The van der Waals surface area contributed by atoms with Gasteiger partial charge in [0.25, 0.3) is 0 Å². The Balaban J connectivity index is 4.29. The molecule has 18 heavy (non-hydrogen) atoms. The van der Waals surface area contributed by atoms with Gasteiger partial charge in [-0.05, 0) is 12.8 Å². The number of carbonyl (C=O) groups excluding carboxylic acids is 2. The fourth-order valence-electron chi connectivity index (χ4n) is 1.17. The Kier molecular flexibility index (Phi) is 9.26. The molecule has 6 nitrogen and oxygen atoms in total. The number of carboxylic acid groups (broad SMARTS) is 1. The van der Waals surface area contributed by atoms with Gasteiger partial charge in [-0.2, -0.15) is 0 Å². The number of carbonyl (C=O) groups is 3. The minimum Gasteiger partial charge on any atom is -0.481 e. The zero-order valence-corrected chi connectivity index (χ0v) is 11.9. The van der Waals surface area contributed by atoms with Crippen LogP contribution in [-0.4, -0.2) is 40.9 Å². The van der Waals surface area contributed by atoms with Crippen LogP contribution in [0.1, 0.15) is 32.6 Å². The molecule has 0 saturated carbocycles. The molecule has 7 heteroatoms. The smallest absolute Gasteiger partial charge is 0.328 e. The Morgan fingerprint density at radius 2 is 2.06 bits per heavy atom. The predicted octanol–water partition coefficient (Wildman–Crippen LogP) is 1.07. The number of carboxylic acids is 1. The lowest BCUT2D eigenvalue weighted by Gasteiger charge is -2.16. The van der Waals surface area contributed by atoms with Crippen LogP contribution in [0.4, 0.5) is 0 Å². The molecule has 1 atom stereocenters. The molecule has 0 spiro atoms. The van der Waals surface area contributed by atoms with Crippen molar-refractivity contribution in [3.05, 3.63) is 0 Å². The van der Waals surface area contributed by atoms with E-state index >= 15 is 0 Å². The third kappa shape index (κ3) is 8.05. The van der Waals surface area contributed by atoms with Gasteiger partial charge in [0.15, 0.2) is 0 Å². The Hall–Kier alpha value is -1.11. The van der Waals surface area contributed by atoms with E-state index in [0.29, 0.717) is 0 Å². The molecule has 0 aliphatic rings. The van der Waals surface area contributed by atoms with Crippen molar-refractivity contribution in [1.82, 2.24) is 5.32 Å². The van der Waals surface area contributed by atoms with Crippen molar-refractivity contribution < 1.29 is 24.2 Å². The van der Waals surface area contributed by atoms with Gasteiger partial charge in [0, 0.05) is 6.42 Å². The fraction of sp³-hybridized carbons (Fsp3) is 0.727. The summed E-state index contributed by atoms with van der Waals surface area (Å²) in [6.45, 7) is 2.24. The van der Waals surface area contributed by atoms with Crippen molar-refractivity contribution in [2.75, 3.05) is 11.9 Å². The number of rotatable bonds is 9. The zero-order valence-electron chi connectivity index (χ0n) is 10.3. The summed E-state index contributed by atoms with van der Waals surface area (Å²) in [5, 5.41) is 11.1. The van der Waals surface area contributed by atoms with E-state index in [2.05, 4.69) is 21.2 Å². The van der Waals surface area contributed by atoms with E-state index in [9.17, 15) is 14.4 Å². The molecule has 0 aliphatic heterocycles. The first-order chi connectivity index (χ1) is 8.51. The first kappa shape index (κ1) is 16.9. The van der Waals surface area contributed by atoms with Gasteiger partial charge in [-0.15, -0.1) is 0 Å². The molecule has 0 rings (SSSR count). The molecular formula is C11H18BrNO5. The Bertz CT molecular complexity index is 295. The second-order valence-corrected chi connectivity index (χ2v) is 4.27. The van der Waals surface area contributed by atoms with Crippen LogP contribution in [0, 0.1) is 0 Å². The quantitative estimate of drug-likeness (QED) is 0.376. The van der Waals surface area contributed by atoms with Crippen LogP contribution < -0.4 is 5.32 Å². The summed E-state index contributed by atoms with van der Waals surface area (Å²) in [6.07, 6.45) is 1.46. The van der Waals surface area contributed by atoms with Crippen LogP contribution in [0.15, 0.2) is 0 Å². The van der Waals surface area contributed by atoms with Gasteiger partial charge in [-0.3, -0.25) is 9.59 Å². The van der Waals surface area contributed by atoms with Crippen molar-refractivity contribution in [1.29, 1.82) is 0 Å². The van der Waals surface area contributed by atoms with Crippen LogP contribution in [0.3, 0.4) is 0 Å². The number of halogens is 1. The topological polar surface area (TPSA) is 92.7 Å². The molecule has 0 aromatic carbocycles. The monoisotopic (exact) mass is 323 g/mol. The van der Waals surface area contributed by atoms with Gasteiger partial charge >= 0.3 is 11.9 Å². The maximum absolute atomic E-state index is 11.6. The maximum atomic E-state index is 11.6. The first-order valence-corrected chi connectivity index (χ1v) is 6.87. The summed E-state index contributed by atoms with van der Waals surface area (Å²) in [5.41, 5.74) is 0. The number of hydrogen-bond donors (Lipinski definition) is 2. The minimum atomic E-state index is -1.02. The SMILES string of the molecule is CCCCOC(=O)[C@H](CCC(=O)O)NC(=O)CBr. The highest BCUT2D eigenvalue weighted by Crippen LogP contribution is 2.02. The van der Waals surface area contributed by atoms with E-state index in [1.165, 1.54) is 0 Å². The number of unbranched alkanes of at least 4 members (excludes halogenated alkanes) is 1. The molecule has 0 saturated heterocycles. The number of amides is 1. The van der Waals surface area contributed by atoms with Crippen LogP contribution in [-0.2, 0) is 19.1 Å². The third-order valence-corrected chi connectivity index (χ3v) is 2.64. The van der Waals surface area contributed by atoms with Crippen molar-refractivity contribution in [2.45, 2.75) is 38.6 Å². The standard InChI is InChI=1S/C11H18BrNO5/c1-2-3-6-18-11(17)8(4-5-10(15)16)13-9(14)7-12/h8H,2-7H2,1H3,(H,13,14)(H,15,16)/t8-/m0/s1. The number of esters is 1. The molecule has 0 aromatic rings. The van der Waals surface area contributed by atoms with Crippen molar-refractivity contribution in [3.8, 4) is 0 Å². The van der Waals surface area contributed by atoms with E-state index < -0.39 is 18.0 Å². The number of alkyl halides is 1. The predicted molar refractivity (Wildman–Crippen MR) is 68.5 cm³/mol. The first-order valence-electron chi connectivity index (χ1n) is 5.75. The average molecular weight is 324 g/mol. The van der Waals surface area contributed by atoms with Gasteiger partial charge in [-0.1, -0.05) is 29.3 Å². The number of aliphatic carboxylic acids is 1. The van der Waals surface area contributed by atoms with Gasteiger partial charge in [0.05, 0.1) is 11.9 Å². The largest absolute Gasteiger partial charge is 0.481 e. The summed E-state index contributed by atoms with van der Waals surface area (Å²) in [7, 11) is 0. The Morgan fingerprint density at radius 1 is 1.39 bits per heavy atom. The highest BCUT2D eigenvalue weighted by Gasteiger charge is 2.22. The molecule has 0 unspecified atom stereocenters.